The summed E-state index contributed by atoms with van der Waals surface area (Å²) in [4.78, 5) is 0. The Labute approximate surface area is 123 Å². The van der Waals surface area contributed by atoms with Crippen molar-refractivity contribution < 1.29 is 4.42 Å². The smallest absolute Gasteiger partial charge is 0.320 e. The summed E-state index contributed by atoms with van der Waals surface area (Å²) in [5.41, 5.74) is 0.958. The molecule has 0 fully saturated rings. The molecule has 0 aliphatic rings. The summed E-state index contributed by atoms with van der Waals surface area (Å²) in [5.74, 6) is 0.583. The monoisotopic (exact) mass is 282 g/mol. The number of anilines is 2. The standard InChI is InChI=1S/C16H18N4O/c1-3-17-11(2)15-19-20-16(21-15)18-14-10-6-8-12-7-4-5-9-13(12)14/h4-11,17H,3H2,1-2H3,(H,18,20). The molecule has 0 radical (unpaired) electrons. The lowest BCUT2D eigenvalue weighted by Crippen LogP contribution is -2.17. The van der Waals surface area contributed by atoms with E-state index in [1.54, 1.807) is 0 Å². The van der Waals surface area contributed by atoms with Gasteiger partial charge in [0.15, 0.2) is 0 Å². The first kappa shape index (κ1) is 13.6. The Morgan fingerprint density at radius 1 is 1.10 bits per heavy atom. The van der Waals surface area contributed by atoms with Crippen LogP contribution in [0.3, 0.4) is 0 Å². The molecule has 1 aromatic heterocycles. The lowest BCUT2D eigenvalue weighted by Gasteiger charge is -2.07. The molecule has 5 heteroatoms. The molecule has 0 saturated carbocycles. The maximum atomic E-state index is 5.65. The van der Waals surface area contributed by atoms with Crippen LogP contribution in [0.1, 0.15) is 25.8 Å². The number of rotatable bonds is 5. The van der Waals surface area contributed by atoms with E-state index in [0.29, 0.717) is 11.9 Å². The van der Waals surface area contributed by atoms with E-state index in [2.05, 4.69) is 39.0 Å². The van der Waals surface area contributed by atoms with E-state index in [-0.39, 0.29) is 6.04 Å². The van der Waals surface area contributed by atoms with Crippen LogP contribution in [0.15, 0.2) is 46.9 Å². The molecule has 1 atom stereocenters. The number of hydrogen-bond acceptors (Lipinski definition) is 5. The minimum Gasteiger partial charge on any atom is -0.406 e. The van der Waals surface area contributed by atoms with E-state index >= 15 is 0 Å². The molecule has 0 bridgehead atoms. The van der Waals surface area contributed by atoms with Gasteiger partial charge in [0.1, 0.15) is 0 Å². The second-order valence-electron chi connectivity index (χ2n) is 4.88. The van der Waals surface area contributed by atoms with E-state index in [1.165, 1.54) is 5.39 Å². The molecular weight excluding hydrogens is 264 g/mol. The summed E-state index contributed by atoms with van der Waals surface area (Å²) in [6.07, 6.45) is 0. The first-order valence-corrected chi connectivity index (χ1v) is 7.09. The Bertz CT molecular complexity index is 732. The van der Waals surface area contributed by atoms with Gasteiger partial charge < -0.3 is 15.1 Å². The Morgan fingerprint density at radius 3 is 2.76 bits per heavy atom. The molecule has 0 saturated heterocycles. The molecule has 0 aliphatic carbocycles. The molecule has 1 heterocycles. The summed E-state index contributed by atoms with van der Waals surface area (Å²) in [6.45, 7) is 4.90. The second kappa shape index (κ2) is 5.93. The Hall–Kier alpha value is -2.40. The molecule has 1 unspecified atom stereocenters. The van der Waals surface area contributed by atoms with E-state index in [1.807, 2.05) is 38.1 Å². The zero-order valence-corrected chi connectivity index (χ0v) is 12.1. The Balaban J connectivity index is 1.86. The summed E-state index contributed by atoms with van der Waals surface area (Å²) in [6, 6.07) is 14.7. The number of hydrogen-bond donors (Lipinski definition) is 2. The van der Waals surface area contributed by atoms with Crippen molar-refractivity contribution >= 4 is 22.5 Å². The Kier molecular flexibility index (Phi) is 3.83. The molecule has 0 spiro atoms. The van der Waals surface area contributed by atoms with Gasteiger partial charge in [-0.1, -0.05) is 48.4 Å². The van der Waals surface area contributed by atoms with Gasteiger partial charge in [-0.05, 0) is 24.9 Å². The molecule has 3 rings (SSSR count). The van der Waals surface area contributed by atoms with E-state index in [9.17, 15) is 0 Å². The second-order valence-corrected chi connectivity index (χ2v) is 4.88. The van der Waals surface area contributed by atoms with Crippen LogP contribution in [0.25, 0.3) is 10.8 Å². The van der Waals surface area contributed by atoms with Gasteiger partial charge in [-0.3, -0.25) is 0 Å². The summed E-state index contributed by atoms with van der Waals surface area (Å²) in [7, 11) is 0. The molecular formula is C16H18N4O. The highest BCUT2D eigenvalue weighted by atomic mass is 16.4. The van der Waals surface area contributed by atoms with Crippen molar-refractivity contribution in [1.29, 1.82) is 0 Å². The van der Waals surface area contributed by atoms with Crippen LogP contribution in [-0.2, 0) is 0 Å². The lowest BCUT2D eigenvalue weighted by atomic mass is 10.1. The van der Waals surface area contributed by atoms with Crippen LogP contribution >= 0.6 is 0 Å². The third kappa shape index (κ3) is 2.87. The van der Waals surface area contributed by atoms with E-state index < -0.39 is 0 Å². The van der Waals surface area contributed by atoms with Gasteiger partial charge in [-0.15, -0.1) is 5.10 Å². The predicted molar refractivity (Wildman–Crippen MR) is 83.6 cm³/mol. The van der Waals surface area contributed by atoms with Crippen molar-refractivity contribution in [3.63, 3.8) is 0 Å². The normalized spacial score (nSPS) is 12.5. The topological polar surface area (TPSA) is 63.0 Å². The minimum atomic E-state index is 0.0468. The van der Waals surface area contributed by atoms with Crippen molar-refractivity contribution in [2.24, 2.45) is 0 Å². The predicted octanol–water partition coefficient (Wildman–Crippen LogP) is 3.64. The van der Waals surface area contributed by atoms with Crippen LogP contribution in [0.2, 0.25) is 0 Å². The van der Waals surface area contributed by atoms with Crippen molar-refractivity contribution in [2.75, 3.05) is 11.9 Å². The summed E-state index contributed by atoms with van der Waals surface area (Å²) < 4.78 is 5.65. The fraction of sp³-hybridized carbons (Fsp3) is 0.250. The Morgan fingerprint density at radius 2 is 1.90 bits per heavy atom. The fourth-order valence-electron chi connectivity index (χ4n) is 2.30. The largest absolute Gasteiger partial charge is 0.406 e. The van der Waals surface area contributed by atoms with Crippen LogP contribution in [0, 0.1) is 0 Å². The molecule has 2 aromatic carbocycles. The van der Waals surface area contributed by atoms with Crippen LogP contribution in [-0.4, -0.2) is 16.7 Å². The fourth-order valence-corrected chi connectivity index (χ4v) is 2.30. The van der Waals surface area contributed by atoms with Crippen molar-refractivity contribution in [3.8, 4) is 0 Å². The number of nitrogens with one attached hydrogen (secondary N) is 2. The molecule has 0 aliphatic heterocycles. The van der Waals surface area contributed by atoms with Gasteiger partial charge in [0.2, 0.25) is 5.89 Å². The maximum Gasteiger partial charge on any atom is 0.320 e. The van der Waals surface area contributed by atoms with Crippen molar-refractivity contribution in [1.82, 2.24) is 15.5 Å². The average molecular weight is 282 g/mol. The molecule has 3 aromatic rings. The van der Waals surface area contributed by atoms with Crippen molar-refractivity contribution in [2.45, 2.75) is 19.9 Å². The first-order chi connectivity index (χ1) is 10.3. The quantitative estimate of drug-likeness (QED) is 0.748. The summed E-state index contributed by atoms with van der Waals surface area (Å²) in [5, 5.41) is 16.9. The van der Waals surface area contributed by atoms with E-state index in [4.69, 9.17) is 4.42 Å². The highest BCUT2D eigenvalue weighted by Crippen LogP contribution is 2.26. The van der Waals surface area contributed by atoms with Crippen LogP contribution < -0.4 is 10.6 Å². The first-order valence-electron chi connectivity index (χ1n) is 7.09. The lowest BCUT2D eigenvalue weighted by molar-refractivity contribution is 0.430. The number of fused-ring (bicyclic) bond motifs is 1. The summed E-state index contributed by atoms with van der Waals surface area (Å²) >= 11 is 0. The van der Waals surface area contributed by atoms with Gasteiger partial charge in [-0.25, -0.2) is 0 Å². The van der Waals surface area contributed by atoms with Gasteiger partial charge >= 0.3 is 6.01 Å². The van der Waals surface area contributed by atoms with Gasteiger partial charge in [0.05, 0.1) is 11.7 Å². The molecule has 0 amide bonds. The minimum absolute atomic E-state index is 0.0468. The maximum absolute atomic E-state index is 5.65. The molecule has 2 N–H and O–H groups in total. The highest BCUT2D eigenvalue weighted by molar-refractivity contribution is 5.94. The number of aromatic nitrogens is 2. The van der Waals surface area contributed by atoms with Gasteiger partial charge in [0.25, 0.3) is 0 Å². The van der Waals surface area contributed by atoms with Gasteiger partial charge in [-0.2, -0.15) is 0 Å². The number of nitrogens with zero attached hydrogens (tertiary/aromatic N) is 2. The van der Waals surface area contributed by atoms with E-state index in [0.717, 1.165) is 17.6 Å². The van der Waals surface area contributed by atoms with Gasteiger partial charge in [0, 0.05) is 5.39 Å². The molecule has 21 heavy (non-hydrogen) atoms. The SMILES string of the molecule is CCNC(C)c1nnc(Nc2cccc3ccccc23)o1. The third-order valence-corrected chi connectivity index (χ3v) is 3.35. The zero-order valence-electron chi connectivity index (χ0n) is 12.1. The van der Waals surface area contributed by atoms with Crippen molar-refractivity contribution in [3.05, 3.63) is 48.4 Å². The number of benzene rings is 2. The highest BCUT2D eigenvalue weighted by Gasteiger charge is 2.13. The van der Waals surface area contributed by atoms with Crippen LogP contribution in [0.5, 0.6) is 0 Å². The third-order valence-electron chi connectivity index (χ3n) is 3.35. The molecule has 108 valence electrons. The molecule has 5 nitrogen and oxygen atoms in total. The van der Waals surface area contributed by atoms with Crippen LogP contribution in [0.4, 0.5) is 11.7 Å². The zero-order chi connectivity index (χ0) is 14.7. The average Bonchev–Trinajstić information content (AvgIpc) is 2.97.